The Labute approximate surface area is 124 Å². The largest absolute Gasteiger partial charge is 0.508 e. The van der Waals surface area contributed by atoms with Crippen LogP contribution in [0.5, 0.6) is 5.75 Å². The van der Waals surface area contributed by atoms with E-state index < -0.39 is 5.92 Å². The molecule has 4 heteroatoms. The van der Waals surface area contributed by atoms with Gasteiger partial charge in [-0.25, -0.2) is 0 Å². The Hall–Kier alpha value is -2.07. The van der Waals surface area contributed by atoms with Crippen LogP contribution in [0.2, 0.25) is 0 Å². The smallest absolute Gasteiger partial charge is 0.322 e. The zero-order valence-electron chi connectivity index (χ0n) is 10.4. The van der Waals surface area contributed by atoms with Crippen molar-refractivity contribution >= 4 is 27.5 Å². The van der Waals surface area contributed by atoms with Crippen LogP contribution in [0.15, 0.2) is 59.3 Å². The van der Waals surface area contributed by atoms with E-state index in [1.165, 1.54) is 6.26 Å². The second kappa shape index (κ2) is 5.13. The summed E-state index contributed by atoms with van der Waals surface area (Å²) in [6.45, 7) is 0. The number of benzene rings is 2. The molecule has 0 fully saturated rings. The zero-order valence-corrected chi connectivity index (χ0v) is 12.0. The molecule has 20 heavy (non-hydrogen) atoms. The van der Waals surface area contributed by atoms with E-state index in [1.807, 2.05) is 24.3 Å². The van der Waals surface area contributed by atoms with Gasteiger partial charge in [-0.1, -0.05) is 40.2 Å². The van der Waals surface area contributed by atoms with Crippen molar-refractivity contribution in [2.45, 2.75) is 5.92 Å². The molecule has 1 aliphatic heterocycles. The molecule has 1 N–H and O–H groups in total. The van der Waals surface area contributed by atoms with E-state index in [0.29, 0.717) is 0 Å². The quantitative estimate of drug-likeness (QED) is 0.851. The van der Waals surface area contributed by atoms with Crippen LogP contribution in [0.1, 0.15) is 17.0 Å². The van der Waals surface area contributed by atoms with Crippen LogP contribution in [0.25, 0.3) is 5.57 Å². The number of aromatic hydroxyl groups is 1. The van der Waals surface area contributed by atoms with E-state index in [2.05, 4.69) is 15.9 Å². The lowest BCUT2D eigenvalue weighted by Crippen LogP contribution is -2.09. The molecule has 1 heterocycles. The molecule has 0 amide bonds. The molecule has 1 unspecified atom stereocenters. The number of halogens is 1. The lowest BCUT2D eigenvalue weighted by atomic mass is 9.89. The fourth-order valence-corrected chi connectivity index (χ4v) is 2.51. The highest BCUT2D eigenvalue weighted by Crippen LogP contribution is 2.38. The Balaban J connectivity index is 2.00. The summed E-state index contributed by atoms with van der Waals surface area (Å²) in [4.78, 5) is 12.0. The molecule has 3 nitrogen and oxygen atoms in total. The van der Waals surface area contributed by atoms with Gasteiger partial charge in [0.2, 0.25) is 0 Å². The minimum atomic E-state index is -0.423. The van der Waals surface area contributed by atoms with Crippen LogP contribution >= 0.6 is 15.9 Å². The predicted octanol–water partition coefficient (Wildman–Crippen LogP) is 3.84. The van der Waals surface area contributed by atoms with Gasteiger partial charge in [0.15, 0.2) is 0 Å². The van der Waals surface area contributed by atoms with Crippen LogP contribution in [0.3, 0.4) is 0 Å². The first-order chi connectivity index (χ1) is 9.65. The molecule has 3 rings (SSSR count). The number of hydrogen-bond acceptors (Lipinski definition) is 3. The van der Waals surface area contributed by atoms with E-state index in [0.717, 1.165) is 21.2 Å². The third kappa shape index (κ3) is 2.34. The van der Waals surface area contributed by atoms with Crippen molar-refractivity contribution in [3.8, 4) is 5.75 Å². The van der Waals surface area contributed by atoms with E-state index in [9.17, 15) is 9.90 Å². The Morgan fingerprint density at radius 1 is 1.00 bits per heavy atom. The number of esters is 1. The molecule has 100 valence electrons. The van der Waals surface area contributed by atoms with Crippen LogP contribution in [0, 0.1) is 0 Å². The van der Waals surface area contributed by atoms with Crippen molar-refractivity contribution in [1.29, 1.82) is 0 Å². The predicted molar refractivity (Wildman–Crippen MR) is 79.1 cm³/mol. The van der Waals surface area contributed by atoms with Gasteiger partial charge >= 0.3 is 5.97 Å². The van der Waals surface area contributed by atoms with Crippen LogP contribution < -0.4 is 0 Å². The number of ether oxygens (including phenoxy) is 1. The summed E-state index contributed by atoms with van der Waals surface area (Å²) in [5, 5.41) is 9.34. The molecular weight excluding hydrogens is 320 g/mol. The van der Waals surface area contributed by atoms with Crippen molar-refractivity contribution in [3.05, 3.63) is 70.4 Å². The third-order valence-corrected chi connectivity index (χ3v) is 3.78. The molecule has 0 bridgehead atoms. The lowest BCUT2D eigenvalue weighted by Gasteiger charge is -2.12. The SMILES string of the molecule is O=C1OC=C(c2ccc(O)cc2)C1c1ccc(Br)cc1. The minimum absolute atomic E-state index is 0.194. The standard InChI is InChI=1S/C16H11BrO3/c17-12-5-1-11(2-6-12)15-14(9-20-16(15)19)10-3-7-13(18)8-4-10/h1-9,15,18H. The highest BCUT2D eigenvalue weighted by molar-refractivity contribution is 9.10. The maximum Gasteiger partial charge on any atom is 0.322 e. The highest BCUT2D eigenvalue weighted by atomic mass is 79.9. The average molecular weight is 331 g/mol. The molecule has 0 saturated carbocycles. The topological polar surface area (TPSA) is 46.5 Å². The number of cyclic esters (lactones) is 1. The normalized spacial score (nSPS) is 17.8. The summed E-state index contributed by atoms with van der Waals surface area (Å²) in [6.07, 6.45) is 1.49. The summed E-state index contributed by atoms with van der Waals surface area (Å²) in [5.41, 5.74) is 2.55. The second-order valence-corrected chi connectivity index (χ2v) is 5.46. The molecular formula is C16H11BrO3. The number of carbonyl (C=O) groups is 1. The van der Waals surface area contributed by atoms with Crippen molar-refractivity contribution < 1.29 is 14.6 Å². The maximum absolute atomic E-state index is 12.0. The Bertz CT molecular complexity index is 672. The summed E-state index contributed by atoms with van der Waals surface area (Å²) in [7, 11) is 0. The Morgan fingerprint density at radius 3 is 2.30 bits per heavy atom. The van der Waals surface area contributed by atoms with Gasteiger partial charge in [-0.05, 0) is 35.4 Å². The first-order valence-electron chi connectivity index (χ1n) is 6.10. The highest BCUT2D eigenvalue weighted by Gasteiger charge is 2.32. The van der Waals surface area contributed by atoms with Gasteiger partial charge in [0.1, 0.15) is 11.7 Å². The van der Waals surface area contributed by atoms with Crippen molar-refractivity contribution in [2.75, 3.05) is 0 Å². The monoisotopic (exact) mass is 330 g/mol. The fourth-order valence-electron chi connectivity index (χ4n) is 2.24. The molecule has 0 radical (unpaired) electrons. The number of carbonyl (C=O) groups excluding carboxylic acids is 1. The molecule has 1 atom stereocenters. The molecule has 0 spiro atoms. The van der Waals surface area contributed by atoms with Crippen LogP contribution in [-0.4, -0.2) is 11.1 Å². The minimum Gasteiger partial charge on any atom is -0.508 e. The third-order valence-electron chi connectivity index (χ3n) is 3.25. The summed E-state index contributed by atoms with van der Waals surface area (Å²) >= 11 is 3.38. The molecule has 2 aromatic rings. The Kier molecular flexibility index (Phi) is 3.32. The maximum atomic E-state index is 12.0. The zero-order chi connectivity index (χ0) is 14.1. The van der Waals surface area contributed by atoms with E-state index in [-0.39, 0.29) is 11.7 Å². The summed E-state index contributed by atoms with van der Waals surface area (Å²) < 4.78 is 6.03. The average Bonchev–Trinajstić information content (AvgIpc) is 2.83. The van der Waals surface area contributed by atoms with Gasteiger partial charge in [-0.15, -0.1) is 0 Å². The lowest BCUT2D eigenvalue weighted by molar-refractivity contribution is -0.136. The summed E-state index contributed by atoms with van der Waals surface area (Å²) in [6, 6.07) is 14.3. The summed E-state index contributed by atoms with van der Waals surface area (Å²) in [5.74, 6) is -0.511. The molecule has 0 aromatic heterocycles. The molecule has 0 saturated heterocycles. The number of hydrogen-bond donors (Lipinski definition) is 1. The first kappa shape index (κ1) is 12.9. The number of phenolic OH excluding ortho intramolecular Hbond substituents is 1. The van der Waals surface area contributed by atoms with Gasteiger partial charge in [-0.3, -0.25) is 4.79 Å². The molecule has 0 aliphatic carbocycles. The number of phenols is 1. The molecule has 2 aromatic carbocycles. The van der Waals surface area contributed by atoms with Crippen molar-refractivity contribution in [2.24, 2.45) is 0 Å². The first-order valence-corrected chi connectivity index (χ1v) is 6.90. The van der Waals surface area contributed by atoms with E-state index >= 15 is 0 Å². The van der Waals surface area contributed by atoms with Gasteiger partial charge in [0, 0.05) is 10.0 Å². The fraction of sp³-hybridized carbons (Fsp3) is 0.0625. The second-order valence-electron chi connectivity index (χ2n) is 4.54. The van der Waals surface area contributed by atoms with Gasteiger partial charge in [0.05, 0.1) is 6.26 Å². The van der Waals surface area contributed by atoms with E-state index in [4.69, 9.17) is 4.74 Å². The van der Waals surface area contributed by atoms with Crippen LogP contribution in [0.4, 0.5) is 0 Å². The van der Waals surface area contributed by atoms with Gasteiger partial charge < -0.3 is 9.84 Å². The number of rotatable bonds is 2. The van der Waals surface area contributed by atoms with Crippen LogP contribution in [-0.2, 0) is 9.53 Å². The van der Waals surface area contributed by atoms with Crippen molar-refractivity contribution in [3.63, 3.8) is 0 Å². The Morgan fingerprint density at radius 2 is 1.65 bits per heavy atom. The van der Waals surface area contributed by atoms with Crippen molar-refractivity contribution in [1.82, 2.24) is 0 Å². The van der Waals surface area contributed by atoms with Gasteiger partial charge in [0.25, 0.3) is 0 Å². The van der Waals surface area contributed by atoms with Gasteiger partial charge in [-0.2, -0.15) is 0 Å². The molecule has 1 aliphatic rings. The van der Waals surface area contributed by atoms with E-state index in [1.54, 1.807) is 24.3 Å².